The number of hydrogen-bond donors (Lipinski definition) is 2. The van der Waals surface area contributed by atoms with Gasteiger partial charge in [0.2, 0.25) is 0 Å². The molecule has 0 aliphatic heterocycles. The van der Waals surface area contributed by atoms with E-state index >= 15 is 0 Å². The van der Waals surface area contributed by atoms with E-state index in [0.717, 1.165) is 0 Å². The van der Waals surface area contributed by atoms with Gasteiger partial charge in [-0.05, 0) is 42.8 Å². The highest BCUT2D eigenvalue weighted by atomic mass is 35.5. The number of aliphatic carboxylic acids is 1. The van der Waals surface area contributed by atoms with Gasteiger partial charge in [-0.25, -0.2) is 4.79 Å². The molecule has 144 valence electrons. The summed E-state index contributed by atoms with van der Waals surface area (Å²) in [5, 5.41) is 20.8. The fourth-order valence-electron chi connectivity index (χ4n) is 2.24. The van der Waals surface area contributed by atoms with Crippen molar-refractivity contribution in [2.24, 2.45) is 0 Å². The van der Waals surface area contributed by atoms with Crippen molar-refractivity contribution in [1.29, 1.82) is 5.26 Å². The first-order valence-electron chi connectivity index (χ1n) is 8.23. The molecule has 2 N–H and O–H groups in total. The Labute approximate surface area is 166 Å². The van der Waals surface area contributed by atoms with Crippen molar-refractivity contribution in [2.75, 3.05) is 18.5 Å². The monoisotopic (exact) mass is 400 g/mol. The van der Waals surface area contributed by atoms with Crippen molar-refractivity contribution in [3.63, 3.8) is 0 Å². The maximum absolute atomic E-state index is 12.3. The molecule has 0 saturated heterocycles. The minimum absolute atomic E-state index is 0.0790. The van der Waals surface area contributed by atoms with Gasteiger partial charge in [0.15, 0.2) is 18.1 Å². The molecule has 1 amide bonds. The molecular weight excluding hydrogens is 384 g/mol. The first-order valence-corrected chi connectivity index (χ1v) is 8.61. The summed E-state index contributed by atoms with van der Waals surface area (Å²) in [6.45, 7) is 1.44. The average Bonchev–Trinajstić information content (AvgIpc) is 2.66. The van der Waals surface area contributed by atoms with Gasteiger partial charge in [-0.2, -0.15) is 5.26 Å². The van der Waals surface area contributed by atoms with Crippen molar-refractivity contribution in [2.45, 2.75) is 6.92 Å². The first kappa shape index (κ1) is 20.8. The summed E-state index contributed by atoms with van der Waals surface area (Å²) in [4.78, 5) is 23.1. The smallest absolute Gasteiger partial charge is 0.341 e. The zero-order valence-electron chi connectivity index (χ0n) is 14.9. The van der Waals surface area contributed by atoms with Crippen LogP contribution in [0.2, 0.25) is 5.02 Å². The van der Waals surface area contributed by atoms with E-state index in [1.165, 1.54) is 18.2 Å². The molecule has 2 aromatic rings. The van der Waals surface area contributed by atoms with Gasteiger partial charge in [-0.15, -0.1) is 0 Å². The van der Waals surface area contributed by atoms with Gasteiger partial charge in [0.05, 0.1) is 11.6 Å². The number of carbonyl (C=O) groups excluding carboxylic acids is 1. The lowest BCUT2D eigenvalue weighted by Crippen LogP contribution is -2.13. The number of ether oxygens (including phenoxy) is 2. The van der Waals surface area contributed by atoms with Crippen LogP contribution in [0.4, 0.5) is 5.69 Å². The van der Waals surface area contributed by atoms with Crippen LogP contribution in [-0.4, -0.2) is 30.2 Å². The van der Waals surface area contributed by atoms with Crippen LogP contribution >= 0.6 is 11.6 Å². The summed E-state index contributed by atoms with van der Waals surface area (Å²) in [5.41, 5.74) is 0.844. The number of anilines is 1. The summed E-state index contributed by atoms with van der Waals surface area (Å²) in [7, 11) is 0. The van der Waals surface area contributed by atoms with Gasteiger partial charge < -0.3 is 19.9 Å². The average molecular weight is 401 g/mol. The Hall–Kier alpha value is -3.50. The van der Waals surface area contributed by atoms with Gasteiger partial charge >= 0.3 is 5.97 Å². The van der Waals surface area contributed by atoms with Crippen molar-refractivity contribution in [3.05, 3.63) is 58.6 Å². The summed E-state index contributed by atoms with van der Waals surface area (Å²) < 4.78 is 10.6. The number of carboxylic acids is 1. The lowest BCUT2D eigenvalue weighted by Gasteiger charge is -2.13. The predicted octanol–water partition coefficient (Wildman–Crippen LogP) is 3.75. The van der Waals surface area contributed by atoms with Crippen molar-refractivity contribution >= 4 is 35.2 Å². The lowest BCUT2D eigenvalue weighted by molar-refractivity contribution is -0.139. The summed E-state index contributed by atoms with van der Waals surface area (Å²) in [6.07, 6.45) is 1.35. The van der Waals surface area contributed by atoms with E-state index in [0.29, 0.717) is 11.3 Å². The van der Waals surface area contributed by atoms with E-state index in [4.69, 9.17) is 26.2 Å². The van der Waals surface area contributed by atoms with Gasteiger partial charge in [-0.1, -0.05) is 29.8 Å². The summed E-state index contributed by atoms with van der Waals surface area (Å²) >= 11 is 6.18. The molecule has 0 aromatic heterocycles. The number of para-hydroxylation sites is 1. The molecule has 0 saturated carbocycles. The highest BCUT2D eigenvalue weighted by Crippen LogP contribution is 2.37. The topological polar surface area (TPSA) is 109 Å². The van der Waals surface area contributed by atoms with Gasteiger partial charge in [0, 0.05) is 5.69 Å². The van der Waals surface area contributed by atoms with Crippen LogP contribution in [0.25, 0.3) is 6.08 Å². The second-order valence-corrected chi connectivity index (χ2v) is 5.84. The molecule has 0 atom stereocenters. The quantitative estimate of drug-likeness (QED) is 0.516. The van der Waals surface area contributed by atoms with Gasteiger partial charge in [-0.3, -0.25) is 4.79 Å². The third-order valence-electron chi connectivity index (χ3n) is 3.38. The highest BCUT2D eigenvalue weighted by Gasteiger charge is 2.15. The molecule has 0 fully saturated rings. The Morgan fingerprint density at radius 1 is 1.25 bits per heavy atom. The van der Waals surface area contributed by atoms with Crippen LogP contribution in [0.1, 0.15) is 12.5 Å². The summed E-state index contributed by atoms with van der Waals surface area (Å²) in [6, 6.07) is 13.5. The molecule has 2 rings (SSSR count). The normalized spacial score (nSPS) is 10.7. The van der Waals surface area contributed by atoms with Crippen LogP contribution < -0.4 is 14.8 Å². The number of nitriles is 1. The van der Waals surface area contributed by atoms with E-state index in [1.54, 1.807) is 31.2 Å². The number of nitrogens with zero attached hydrogens (tertiary/aromatic N) is 1. The fourth-order valence-corrected chi connectivity index (χ4v) is 2.52. The molecular formula is C20H17ClN2O5. The number of carboxylic acid groups (broad SMARTS) is 1. The molecule has 0 bridgehead atoms. The highest BCUT2D eigenvalue weighted by molar-refractivity contribution is 6.32. The Bertz CT molecular complexity index is 936. The Balaban J connectivity index is 2.32. The lowest BCUT2D eigenvalue weighted by atomic mass is 10.1. The second kappa shape index (κ2) is 10.00. The molecule has 0 spiro atoms. The molecule has 0 radical (unpaired) electrons. The standard InChI is InChI=1S/C20H17ClN2O5/c1-2-27-17-10-13(9-16(21)19(17)28-12-18(24)25)8-14(11-22)20(26)23-15-6-4-3-5-7-15/h3-10H,2,12H2,1H3,(H,23,26)(H,24,25)/b14-8+. The van der Waals surface area contributed by atoms with E-state index in [9.17, 15) is 14.9 Å². The molecule has 8 heteroatoms. The molecule has 0 aliphatic rings. The maximum Gasteiger partial charge on any atom is 0.341 e. The van der Waals surface area contributed by atoms with E-state index < -0.39 is 18.5 Å². The third-order valence-corrected chi connectivity index (χ3v) is 3.66. The number of nitrogens with one attached hydrogen (secondary N) is 1. The SMILES string of the molecule is CCOc1cc(/C=C(\C#N)C(=O)Nc2ccccc2)cc(Cl)c1OCC(=O)O. The minimum atomic E-state index is -1.16. The zero-order valence-corrected chi connectivity index (χ0v) is 15.7. The van der Waals surface area contributed by atoms with E-state index in [2.05, 4.69) is 5.32 Å². The number of hydrogen-bond acceptors (Lipinski definition) is 5. The van der Waals surface area contributed by atoms with Crippen LogP contribution in [-0.2, 0) is 9.59 Å². The van der Waals surface area contributed by atoms with E-state index in [1.807, 2.05) is 12.1 Å². The Morgan fingerprint density at radius 2 is 1.96 bits per heavy atom. The molecule has 0 aliphatic carbocycles. The fraction of sp³-hybridized carbons (Fsp3) is 0.150. The van der Waals surface area contributed by atoms with Crippen molar-refractivity contribution in [3.8, 4) is 17.6 Å². The number of benzene rings is 2. The van der Waals surface area contributed by atoms with Gasteiger partial charge in [0.25, 0.3) is 5.91 Å². The van der Waals surface area contributed by atoms with E-state index in [-0.39, 0.29) is 28.7 Å². The zero-order chi connectivity index (χ0) is 20.5. The van der Waals surface area contributed by atoms with Crippen LogP contribution in [0, 0.1) is 11.3 Å². The van der Waals surface area contributed by atoms with Gasteiger partial charge in [0.1, 0.15) is 11.6 Å². The number of carbonyl (C=O) groups is 2. The number of halogens is 1. The van der Waals surface area contributed by atoms with Crippen molar-refractivity contribution < 1.29 is 24.2 Å². The van der Waals surface area contributed by atoms with Crippen molar-refractivity contribution in [1.82, 2.24) is 0 Å². The Morgan fingerprint density at radius 3 is 2.57 bits per heavy atom. The molecule has 7 nitrogen and oxygen atoms in total. The number of amides is 1. The minimum Gasteiger partial charge on any atom is -0.490 e. The van der Waals surface area contributed by atoms with Crippen LogP contribution in [0.5, 0.6) is 11.5 Å². The second-order valence-electron chi connectivity index (χ2n) is 5.44. The Kier molecular flexibility index (Phi) is 7.43. The third kappa shape index (κ3) is 5.76. The van der Waals surface area contributed by atoms with Crippen LogP contribution in [0.15, 0.2) is 48.0 Å². The molecule has 0 heterocycles. The summed E-state index contributed by atoms with van der Waals surface area (Å²) in [5.74, 6) is -1.45. The molecule has 2 aromatic carbocycles. The first-order chi connectivity index (χ1) is 13.4. The largest absolute Gasteiger partial charge is 0.490 e. The molecule has 0 unspecified atom stereocenters. The number of rotatable bonds is 8. The maximum atomic E-state index is 12.3. The predicted molar refractivity (Wildman–Crippen MR) is 104 cm³/mol. The van der Waals surface area contributed by atoms with Crippen LogP contribution in [0.3, 0.4) is 0 Å². The molecule has 28 heavy (non-hydrogen) atoms.